The van der Waals surface area contributed by atoms with Crippen LogP contribution in [0.25, 0.3) is 10.9 Å². The van der Waals surface area contributed by atoms with E-state index in [1.165, 1.54) is 11.8 Å². The van der Waals surface area contributed by atoms with Crippen LogP contribution in [0.1, 0.15) is 27.2 Å². The maximum Gasteiger partial charge on any atom is 0.262 e. The van der Waals surface area contributed by atoms with Crippen LogP contribution in [0.4, 0.5) is 0 Å². The molecular formula is C17H22ClN3O2S. The molecule has 0 saturated carbocycles. The molecule has 7 heteroatoms. The number of nitrogens with zero attached hydrogens (tertiary/aromatic N) is 2. The van der Waals surface area contributed by atoms with E-state index in [4.69, 9.17) is 11.6 Å². The third-order valence-corrected chi connectivity index (χ3v) is 5.04. The lowest BCUT2D eigenvalue weighted by Crippen LogP contribution is -2.29. The zero-order valence-corrected chi connectivity index (χ0v) is 15.9. The second-order valence-electron chi connectivity index (χ2n) is 6.07. The molecule has 5 nitrogen and oxygen atoms in total. The van der Waals surface area contributed by atoms with Gasteiger partial charge in [0.25, 0.3) is 5.56 Å². The van der Waals surface area contributed by atoms with Crippen molar-refractivity contribution < 1.29 is 4.79 Å². The van der Waals surface area contributed by atoms with Gasteiger partial charge in [-0.2, -0.15) is 0 Å². The molecule has 1 amide bonds. The number of amides is 1. The number of nitrogens with one attached hydrogen (secondary N) is 1. The number of carbonyl (C=O) groups is 1. The maximum absolute atomic E-state index is 12.9. The molecule has 1 unspecified atom stereocenters. The number of aromatic nitrogens is 2. The summed E-state index contributed by atoms with van der Waals surface area (Å²) in [5, 5.41) is 3.90. The quantitative estimate of drug-likeness (QED) is 0.628. The largest absolute Gasteiger partial charge is 0.358 e. The molecule has 1 heterocycles. The second kappa shape index (κ2) is 8.03. The molecule has 1 aromatic carbocycles. The summed E-state index contributed by atoms with van der Waals surface area (Å²) in [7, 11) is 1.60. The van der Waals surface area contributed by atoms with Crippen LogP contribution in [0.2, 0.25) is 5.02 Å². The summed E-state index contributed by atoms with van der Waals surface area (Å²) < 4.78 is 1.67. The van der Waals surface area contributed by atoms with Crippen molar-refractivity contribution in [1.29, 1.82) is 0 Å². The first-order chi connectivity index (χ1) is 11.3. The van der Waals surface area contributed by atoms with Crippen molar-refractivity contribution in [3.05, 3.63) is 33.6 Å². The Bertz CT molecular complexity index is 804. The molecule has 0 aliphatic rings. The van der Waals surface area contributed by atoms with E-state index in [1.807, 2.05) is 0 Å². The van der Waals surface area contributed by atoms with Crippen LogP contribution in [-0.2, 0) is 11.3 Å². The van der Waals surface area contributed by atoms with Crippen molar-refractivity contribution in [2.24, 2.45) is 5.92 Å². The van der Waals surface area contributed by atoms with Crippen LogP contribution < -0.4 is 10.9 Å². The van der Waals surface area contributed by atoms with E-state index in [9.17, 15) is 9.59 Å². The fourth-order valence-corrected chi connectivity index (χ4v) is 3.42. The normalized spacial score (nSPS) is 12.6. The van der Waals surface area contributed by atoms with Crippen molar-refractivity contribution in [2.45, 2.75) is 44.1 Å². The average Bonchev–Trinajstić information content (AvgIpc) is 2.53. The van der Waals surface area contributed by atoms with E-state index in [1.54, 1.807) is 36.7 Å². The van der Waals surface area contributed by atoms with Gasteiger partial charge >= 0.3 is 0 Å². The van der Waals surface area contributed by atoms with Crippen LogP contribution in [0.5, 0.6) is 0 Å². The summed E-state index contributed by atoms with van der Waals surface area (Å²) in [5.41, 5.74) is 0.462. The van der Waals surface area contributed by atoms with Gasteiger partial charge in [0.05, 0.1) is 16.2 Å². The SMILES string of the molecule is CNC(=O)C(C)Sc1nc2cc(Cl)ccc2c(=O)n1CCC(C)C. The van der Waals surface area contributed by atoms with E-state index in [2.05, 4.69) is 24.1 Å². The number of carbonyl (C=O) groups excluding carboxylic acids is 1. The van der Waals surface area contributed by atoms with E-state index in [0.717, 1.165) is 6.42 Å². The highest BCUT2D eigenvalue weighted by atomic mass is 35.5. The standard InChI is InChI=1S/C17H22ClN3O2S/c1-10(2)7-8-21-16(23)13-6-5-12(18)9-14(13)20-17(21)24-11(3)15(22)19-4/h5-6,9-11H,7-8H2,1-4H3,(H,19,22). The van der Waals surface area contributed by atoms with Gasteiger partial charge in [-0.05, 0) is 37.5 Å². The zero-order valence-electron chi connectivity index (χ0n) is 14.3. The van der Waals surface area contributed by atoms with Crippen molar-refractivity contribution in [2.75, 3.05) is 7.05 Å². The number of hydrogen-bond acceptors (Lipinski definition) is 4. The molecule has 130 valence electrons. The van der Waals surface area contributed by atoms with Crippen LogP contribution in [0.3, 0.4) is 0 Å². The Morgan fingerprint density at radius 1 is 1.38 bits per heavy atom. The van der Waals surface area contributed by atoms with Crippen molar-refractivity contribution in [3.8, 4) is 0 Å². The molecule has 0 aliphatic carbocycles. The summed E-state index contributed by atoms with van der Waals surface area (Å²) in [5.74, 6) is 0.364. The average molecular weight is 368 g/mol. The Morgan fingerprint density at radius 3 is 2.71 bits per heavy atom. The first-order valence-corrected chi connectivity index (χ1v) is 9.17. The lowest BCUT2D eigenvalue weighted by molar-refractivity contribution is -0.119. The predicted molar refractivity (Wildman–Crippen MR) is 99.9 cm³/mol. The minimum Gasteiger partial charge on any atom is -0.358 e. The fourth-order valence-electron chi connectivity index (χ4n) is 2.26. The van der Waals surface area contributed by atoms with E-state index in [0.29, 0.717) is 33.5 Å². The predicted octanol–water partition coefficient (Wildman–Crippen LogP) is 3.32. The van der Waals surface area contributed by atoms with Gasteiger partial charge < -0.3 is 5.32 Å². The third-order valence-electron chi connectivity index (χ3n) is 3.71. The van der Waals surface area contributed by atoms with Gasteiger partial charge in [-0.1, -0.05) is 37.2 Å². The second-order valence-corrected chi connectivity index (χ2v) is 7.81. The molecule has 0 fully saturated rings. The highest BCUT2D eigenvalue weighted by Gasteiger charge is 2.18. The Balaban J connectivity index is 2.53. The molecule has 0 aliphatic heterocycles. The van der Waals surface area contributed by atoms with Gasteiger partial charge in [0.1, 0.15) is 0 Å². The Kier molecular flexibility index (Phi) is 6.29. The Morgan fingerprint density at radius 2 is 2.08 bits per heavy atom. The van der Waals surface area contributed by atoms with E-state index in [-0.39, 0.29) is 16.7 Å². The monoisotopic (exact) mass is 367 g/mol. The van der Waals surface area contributed by atoms with Gasteiger partial charge in [0.2, 0.25) is 5.91 Å². The van der Waals surface area contributed by atoms with Crippen LogP contribution in [-0.4, -0.2) is 27.8 Å². The molecule has 0 spiro atoms. The number of benzene rings is 1. The van der Waals surface area contributed by atoms with Gasteiger partial charge in [0, 0.05) is 18.6 Å². The van der Waals surface area contributed by atoms with Gasteiger partial charge in [-0.3, -0.25) is 14.2 Å². The lowest BCUT2D eigenvalue weighted by atomic mass is 10.1. The van der Waals surface area contributed by atoms with Crippen molar-refractivity contribution in [1.82, 2.24) is 14.9 Å². The zero-order chi connectivity index (χ0) is 17.9. The van der Waals surface area contributed by atoms with E-state index < -0.39 is 0 Å². The van der Waals surface area contributed by atoms with Crippen LogP contribution in [0.15, 0.2) is 28.2 Å². The lowest BCUT2D eigenvalue weighted by Gasteiger charge is -2.16. The molecule has 0 saturated heterocycles. The number of halogens is 1. The molecule has 2 aromatic rings. The number of hydrogen-bond donors (Lipinski definition) is 1. The van der Waals surface area contributed by atoms with Gasteiger partial charge in [-0.15, -0.1) is 0 Å². The molecule has 0 radical (unpaired) electrons. The summed E-state index contributed by atoms with van der Waals surface area (Å²) in [6, 6.07) is 5.08. The van der Waals surface area contributed by atoms with Gasteiger partial charge in [-0.25, -0.2) is 4.98 Å². The molecule has 1 atom stereocenters. The highest BCUT2D eigenvalue weighted by molar-refractivity contribution is 8.00. The topological polar surface area (TPSA) is 64.0 Å². The maximum atomic E-state index is 12.9. The Hall–Kier alpha value is -1.53. The van der Waals surface area contributed by atoms with Gasteiger partial charge in [0.15, 0.2) is 5.16 Å². The third kappa shape index (κ3) is 4.30. The van der Waals surface area contributed by atoms with Crippen LogP contribution in [0, 0.1) is 5.92 Å². The summed E-state index contributed by atoms with van der Waals surface area (Å²) in [6.07, 6.45) is 0.864. The van der Waals surface area contributed by atoms with Crippen LogP contribution >= 0.6 is 23.4 Å². The molecule has 1 N–H and O–H groups in total. The summed E-state index contributed by atoms with van der Waals surface area (Å²) in [4.78, 5) is 29.3. The fraction of sp³-hybridized carbons (Fsp3) is 0.471. The number of rotatable bonds is 6. The molecular weight excluding hydrogens is 346 g/mol. The first kappa shape index (κ1) is 18.8. The van der Waals surface area contributed by atoms with Crippen molar-refractivity contribution >= 4 is 40.2 Å². The molecule has 1 aromatic heterocycles. The Labute approximate surface area is 150 Å². The molecule has 24 heavy (non-hydrogen) atoms. The smallest absolute Gasteiger partial charge is 0.262 e. The number of thioether (sulfide) groups is 1. The first-order valence-electron chi connectivity index (χ1n) is 7.91. The minimum absolute atomic E-state index is 0.0936. The van der Waals surface area contributed by atoms with Crippen molar-refractivity contribution in [3.63, 3.8) is 0 Å². The number of fused-ring (bicyclic) bond motifs is 1. The highest BCUT2D eigenvalue weighted by Crippen LogP contribution is 2.24. The molecule has 0 bridgehead atoms. The summed E-state index contributed by atoms with van der Waals surface area (Å²) in [6.45, 7) is 6.59. The summed E-state index contributed by atoms with van der Waals surface area (Å²) >= 11 is 7.31. The minimum atomic E-state index is -0.344. The molecule has 2 rings (SSSR count). The van der Waals surface area contributed by atoms with E-state index >= 15 is 0 Å².